The molecule has 28 heavy (non-hydrogen) atoms. The minimum absolute atomic E-state index is 0.0583. The largest absolute Gasteiger partial charge is 0.431 e. The number of aromatic nitrogens is 1. The average molecular weight is 407 g/mol. The summed E-state index contributed by atoms with van der Waals surface area (Å²) in [6.45, 7) is 0. The van der Waals surface area contributed by atoms with Gasteiger partial charge in [-0.05, 0) is 31.0 Å². The van der Waals surface area contributed by atoms with Gasteiger partial charge >= 0.3 is 18.4 Å². The molecule has 12 heteroatoms. The number of rotatable bonds is 4. The van der Waals surface area contributed by atoms with Gasteiger partial charge in [0.25, 0.3) is 5.91 Å². The highest BCUT2D eigenvalue weighted by Crippen LogP contribution is 2.37. The molecule has 150 valence electrons. The fraction of sp³-hybridized carbons (Fsp3) is 0.312. The van der Waals surface area contributed by atoms with Crippen LogP contribution in [0.5, 0.6) is 0 Å². The first-order chi connectivity index (χ1) is 12.9. The molecule has 0 saturated heterocycles. The van der Waals surface area contributed by atoms with Gasteiger partial charge < -0.3 is 9.73 Å². The molecule has 1 aliphatic carbocycles. The molecule has 0 spiro atoms. The summed E-state index contributed by atoms with van der Waals surface area (Å²) in [6.07, 6.45) is -7.87. The lowest BCUT2D eigenvalue weighted by molar-refractivity contribution is -0.143. The first-order valence-corrected chi connectivity index (χ1v) is 7.81. The predicted molar refractivity (Wildman–Crippen MR) is 82.3 cm³/mol. The van der Waals surface area contributed by atoms with Gasteiger partial charge in [-0.1, -0.05) is 0 Å². The second-order valence-corrected chi connectivity index (χ2v) is 6.05. The molecule has 1 aromatic carbocycles. The summed E-state index contributed by atoms with van der Waals surface area (Å²) < 4.78 is 81.9. The Morgan fingerprint density at radius 3 is 2.04 bits per heavy atom. The highest BCUT2D eigenvalue weighted by atomic mass is 19.4. The molecule has 0 bridgehead atoms. The number of carbonyl (C=O) groups is 2. The lowest BCUT2D eigenvalue weighted by Crippen LogP contribution is -2.17. The van der Waals surface area contributed by atoms with Crippen LogP contribution in [-0.4, -0.2) is 16.8 Å². The standard InChI is InChI=1S/C16H11F6N3O3/c17-15(18,19)8-3-9(16(20,21)22)5-10(4-8)23-13(27)11-6-28-14(24-11)25-12(26)7-1-2-7/h3-7H,1-2H2,(H,23,27)(H,24,25,26). The van der Waals surface area contributed by atoms with E-state index in [0.717, 1.165) is 6.26 Å². The average Bonchev–Trinajstić information content (AvgIpc) is 3.33. The van der Waals surface area contributed by atoms with Crippen LogP contribution < -0.4 is 10.6 Å². The number of amides is 2. The molecular weight excluding hydrogens is 396 g/mol. The zero-order valence-corrected chi connectivity index (χ0v) is 13.7. The van der Waals surface area contributed by atoms with Crippen LogP contribution >= 0.6 is 0 Å². The summed E-state index contributed by atoms with van der Waals surface area (Å²) in [7, 11) is 0. The van der Waals surface area contributed by atoms with Crippen LogP contribution in [0.4, 0.5) is 38.0 Å². The molecule has 3 rings (SSSR count). The van der Waals surface area contributed by atoms with E-state index in [9.17, 15) is 35.9 Å². The smallest absolute Gasteiger partial charge is 0.416 e. The molecule has 0 radical (unpaired) electrons. The van der Waals surface area contributed by atoms with Crippen molar-refractivity contribution in [3.63, 3.8) is 0 Å². The molecular formula is C16H11F6N3O3. The number of hydrogen-bond acceptors (Lipinski definition) is 4. The number of benzene rings is 1. The number of halogens is 6. The van der Waals surface area contributed by atoms with Gasteiger partial charge in [0.1, 0.15) is 6.26 Å². The summed E-state index contributed by atoms with van der Waals surface area (Å²) in [6, 6.07) is 0.366. The van der Waals surface area contributed by atoms with Crippen LogP contribution in [0.15, 0.2) is 28.9 Å². The van der Waals surface area contributed by atoms with Gasteiger partial charge in [0, 0.05) is 11.6 Å². The van der Waals surface area contributed by atoms with Crippen LogP contribution in [-0.2, 0) is 17.1 Å². The molecule has 1 heterocycles. The number of anilines is 2. The first-order valence-electron chi connectivity index (χ1n) is 7.81. The minimum Gasteiger partial charge on any atom is -0.431 e. The van der Waals surface area contributed by atoms with Gasteiger partial charge in [0.05, 0.1) is 11.1 Å². The fourth-order valence-electron chi connectivity index (χ4n) is 2.21. The number of nitrogens with one attached hydrogen (secondary N) is 2. The highest BCUT2D eigenvalue weighted by Gasteiger charge is 2.37. The van der Waals surface area contributed by atoms with Crippen molar-refractivity contribution in [1.82, 2.24) is 4.98 Å². The van der Waals surface area contributed by atoms with E-state index in [-0.39, 0.29) is 23.9 Å². The van der Waals surface area contributed by atoms with Crippen molar-refractivity contribution < 1.29 is 40.3 Å². The maximum absolute atomic E-state index is 12.8. The highest BCUT2D eigenvalue weighted by molar-refractivity contribution is 6.03. The maximum Gasteiger partial charge on any atom is 0.416 e. The lowest BCUT2D eigenvalue weighted by atomic mass is 10.1. The molecule has 2 amide bonds. The Morgan fingerprint density at radius 1 is 0.964 bits per heavy atom. The Kier molecular flexibility index (Phi) is 4.81. The fourth-order valence-corrected chi connectivity index (χ4v) is 2.21. The quantitative estimate of drug-likeness (QED) is 0.740. The van der Waals surface area contributed by atoms with Crippen molar-refractivity contribution in [2.45, 2.75) is 25.2 Å². The Bertz CT molecular complexity index is 883. The summed E-state index contributed by atoms with van der Waals surface area (Å²) in [5, 5.41) is 4.22. The molecule has 2 N–H and O–H groups in total. The van der Waals surface area contributed by atoms with E-state index in [1.165, 1.54) is 0 Å². The number of nitrogens with zero attached hydrogens (tertiary/aromatic N) is 1. The molecule has 2 aromatic rings. The predicted octanol–water partition coefficient (Wildman–Crippen LogP) is 4.31. The van der Waals surface area contributed by atoms with E-state index in [0.29, 0.717) is 25.0 Å². The second kappa shape index (κ2) is 6.84. The zero-order chi connectivity index (χ0) is 20.7. The van der Waals surface area contributed by atoms with Crippen LogP contribution in [0.2, 0.25) is 0 Å². The third kappa shape index (κ3) is 4.61. The van der Waals surface area contributed by atoms with E-state index in [1.54, 1.807) is 0 Å². The molecule has 1 saturated carbocycles. The summed E-state index contributed by atoms with van der Waals surface area (Å²) >= 11 is 0. The van der Waals surface area contributed by atoms with Gasteiger partial charge in [-0.25, -0.2) is 0 Å². The first kappa shape index (κ1) is 19.7. The Balaban J connectivity index is 1.79. The minimum atomic E-state index is -5.05. The Hall–Kier alpha value is -3.05. The maximum atomic E-state index is 12.8. The monoisotopic (exact) mass is 407 g/mol. The normalized spacial score (nSPS) is 14.6. The number of hydrogen-bond donors (Lipinski definition) is 2. The summed E-state index contributed by atoms with van der Waals surface area (Å²) in [5.74, 6) is -1.64. The molecule has 0 unspecified atom stereocenters. The molecule has 1 aromatic heterocycles. The van der Waals surface area contributed by atoms with Gasteiger partial charge in [-0.2, -0.15) is 31.3 Å². The SMILES string of the molecule is O=C(Nc1cc(C(F)(F)F)cc(C(F)(F)F)c1)c1coc(NC(=O)C2CC2)n1. The van der Waals surface area contributed by atoms with Crippen molar-refractivity contribution in [3.05, 3.63) is 41.3 Å². The van der Waals surface area contributed by atoms with Gasteiger partial charge in [-0.15, -0.1) is 0 Å². The van der Waals surface area contributed by atoms with Crippen molar-refractivity contribution in [1.29, 1.82) is 0 Å². The van der Waals surface area contributed by atoms with Crippen molar-refractivity contribution in [3.8, 4) is 0 Å². The Labute approximate surface area is 152 Å². The number of alkyl halides is 6. The third-order valence-corrected chi connectivity index (χ3v) is 3.76. The third-order valence-electron chi connectivity index (χ3n) is 3.76. The molecule has 0 aliphatic heterocycles. The Morgan fingerprint density at radius 2 is 1.54 bits per heavy atom. The van der Waals surface area contributed by atoms with Gasteiger partial charge in [-0.3, -0.25) is 14.9 Å². The van der Waals surface area contributed by atoms with Crippen LogP contribution in [0, 0.1) is 5.92 Å². The summed E-state index contributed by atoms with van der Waals surface area (Å²) in [4.78, 5) is 27.3. The van der Waals surface area contributed by atoms with Crippen LogP contribution in [0.25, 0.3) is 0 Å². The van der Waals surface area contributed by atoms with E-state index in [4.69, 9.17) is 4.42 Å². The van der Waals surface area contributed by atoms with Crippen molar-refractivity contribution >= 4 is 23.5 Å². The van der Waals surface area contributed by atoms with Crippen molar-refractivity contribution in [2.75, 3.05) is 10.6 Å². The summed E-state index contributed by atoms with van der Waals surface area (Å²) in [5.41, 5.74) is -4.30. The van der Waals surface area contributed by atoms with Gasteiger partial charge in [0.2, 0.25) is 5.91 Å². The van der Waals surface area contributed by atoms with E-state index in [2.05, 4.69) is 10.3 Å². The topological polar surface area (TPSA) is 84.2 Å². The molecule has 0 atom stereocenters. The number of carbonyl (C=O) groups excluding carboxylic acids is 2. The van der Waals surface area contributed by atoms with E-state index in [1.807, 2.05) is 5.32 Å². The lowest BCUT2D eigenvalue weighted by Gasteiger charge is -2.14. The molecule has 1 fully saturated rings. The van der Waals surface area contributed by atoms with E-state index >= 15 is 0 Å². The van der Waals surface area contributed by atoms with E-state index < -0.39 is 40.8 Å². The molecule has 6 nitrogen and oxygen atoms in total. The molecule has 1 aliphatic rings. The van der Waals surface area contributed by atoms with Crippen LogP contribution in [0.1, 0.15) is 34.5 Å². The zero-order valence-electron chi connectivity index (χ0n) is 13.7. The number of oxazole rings is 1. The second-order valence-electron chi connectivity index (χ2n) is 6.05. The van der Waals surface area contributed by atoms with Gasteiger partial charge in [0.15, 0.2) is 5.69 Å². The van der Waals surface area contributed by atoms with Crippen molar-refractivity contribution in [2.24, 2.45) is 5.92 Å². The van der Waals surface area contributed by atoms with Crippen LogP contribution in [0.3, 0.4) is 0 Å².